The molecule has 0 fully saturated rings. The van der Waals surface area contributed by atoms with Gasteiger partial charge in [0, 0.05) is 18.0 Å². The first-order valence-electron chi connectivity index (χ1n) is 7.96. The van der Waals surface area contributed by atoms with Gasteiger partial charge in [0.1, 0.15) is 0 Å². The number of nitrogens with zero attached hydrogens (tertiary/aromatic N) is 2. The lowest BCUT2D eigenvalue weighted by atomic mass is 9.96. The summed E-state index contributed by atoms with van der Waals surface area (Å²) >= 11 is 0. The molecule has 0 bridgehead atoms. The van der Waals surface area contributed by atoms with Gasteiger partial charge in [-0.25, -0.2) is 9.98 Å². The van der Waals surface area contributed by atoms with Crippen LogP contribution in [0.1, 0.15) is 22.3 Å². The molecule has 0 radical (unpaired) electrons. The van der Waals surface area contributed by atoms with Crippen LogP contribution in [-0.4, -0.2) is 11.2 Å². The molecule has 24 heavy (non-hydrogen) atoms. The van der Waals surface area contributed by atoms with Crippen LogP contribution < -0.4 is 0 Å². The smallest absolute Gasteiger partial charge is 0.151 e. The van der Waals surface area contributed by atoms with Crippen molar-refractivity contribution in [2.45, 2.75) is 13.8 Å². The first kappa shape index (κ1) is 15.9. The van der Waals surface area contributed by atoms with Crippen molar-refractivity contribution in [3.05, 3.63) is 89.6 Å². The van der Waals surface area contributed by atoms with E-state index in [0.29, 0.717) is 5.82 Å². The first-order valence-corrected chi connectivity index (χ1v) is 7.96. The van der Waals surface area contributed by atoms with Gasteiger partial charge in [0.25, 0.3) is 0 Å². The Kier molecular flexibility index (Phi) is 4.66. The summed E-state index contributed by atoms with van der Waals surface area (Å²) < 4.78 is 0. The lowest BCUT2D eigenvalue weighted by molar-refractivity contribution is 1.25. The predicted octanol–water partition coefficient (Wildman–Crippen LogP) is 5.76. The molecule has 0 aliphatic carbocycles. The number of aliphatic imine (C=N–C) groups is 1. The maximum absolute atomic E-state index is 4.52. The summed E-state index contributed by atoms with van der Waals surface area (Å²) in [6.45, 7) is 8.07. The van der Waals surface area contributed by atoms with Crippen molar-refractivity contribution < 1.29 is 0 Å². The van der Waals surface area contributed by atoms with E-state index in [2.05, 4.69) is 65.9 Å². The summed E-state index contributed by atoms with van der Waals surface area (Å²) in [7, 11) is 0. The molecule has 0 N–H and O–H groups in total. The Balaban J connectivity index is 2.02. The molecule has 3 rings (SSSR count). The van der Waals surface area contributed by atoms with Gasteiger partial charge in [-0.05, 0) is 59.9 Å². The lowest BCUT2D eigenvalue weighted by Gasteiger charge is -2.09. The fraction of sp³-hybridized carbons (Fsp3) is 0.0909. The highest BCUT2D eigenvalue weighted by atomic mass is 14.9. The van der Waals surface area contributed by atoms with Crippen LogP contribution in [0.15, 0.2) is 72.4 Å². The molecule has 1 aromatic heterocycles. The third-order valence-corrected chi connectivity index (χ3v) is 4.00. The molecule has 2 aromatic carbocycles. The SMILES string of the molecule is C=Cc1ccc(-c2ccccc2C)cc1/C=N\c1cc(C)ccn1. The fourth-order valence-corrected chi connectivity index (χ4v) is 2.66. The standard InChI is InChI=1S/C22H20N2/c1-4-18-9-10-19(21-8-6-5-7-17(21)3)14-20(18)15-24-22-13-16(2)11-12-23-22/h4-15H,1H2,2-3H3/b24-15-. The summed E-state index contributed by atoms with van der Waals surface area (Å²) in [5, 5.41) is 0. The minimum atomic E-state index is 0.714. The number of aromatic nitrogens is 1. The number of hydrogen-bond acceptors (Lipinski definition) is 2. The summed E-state index contributed by atoms with van der Waals surface area (Å²) in [5.74, 6) is 0.714. The quantitative estimate of drug-likeness (QED) is 0.562. The Morgan fingerprint density at radius 3 is 2.54 bits per heavy atom. The molecule has 2 heteroatoms. The zero-order valence-electron chi connectivity index (χ0n) is 14.0. The highest BCUT2D eigenvalue weighted by molar-refractivity contribution is 5.89. The maximum Gasteiger partial charge on any atom is 0.151 e. The van der Waals surface area contributed by atoms with E-state index in [1.807, 2.05) is 31.3 Å². The van der Waals surface area contributed by atoms with Crippen LogP contribution in [-0.2, 0) is 0 Å². The fourth-order valence-electron chi connectivity index (χ4n) is 2.66. The first-order chi connectivity index (χ1) is 11.7. The lowest BCUT2D eigenvalue weighted by Crippen LogP contribution is -1.90. The molecular formula is C22H20N2. The van der Waals surface area contributed by atoms with Gasteiger partial charge in [0.15, 0.2) is 5.82 Å². The highest BCUT2D eigenvalue weighted by Crippen LogP contribution is 2.25. The van der Waals surface area contributed by atoms with E-state index in [-0.39, 0.29) is 0 Å². The Labute approximate surface area is 143 Å². The van der Waals surface area contributed by atoms with Gasteiger partial charge in [0.2, 0.25) is 0 Å². The second-order valence-corrected chi connectivity index (χ2v) is 5.81. The predicted molar refractivity (Wildman–Crippen MR) is 103 cm³/mol. The van der Waals surface area contributed by atoms with Crippen LogP contribution in [0.3, 0.4) is 0 Å². The summed E-state index contributed by atoms with van der Waals surface area (Å²) in [6, 6.07) is 18.7. The van der Waals surface area contributed by atoms with Gasteiger partial charge in [-0.2, -0.15) is 0 Å². The maximum atomic E-state index is 4.52. The van der Waals surface area contributed by atoms with E-state index in [9.17, 15) is 0 Å². The summed E-state index contributed by atoms with van der Waals surface area (Å²) in [6.07, 6.45) is 5.49. The van der Waals surface area contributed by atoms with Crippen LogP contribution in [0.25, 0.3) is 17.2 Å². The van der Waals surface area contributed by atoms with Gasteiger partial charge in [0.05, 0.1) is 0 Å². The number of hydrogen-bond donors (Lipinski definition) is 0. The molecule has 0 unspecified atom stereocenters. The van der Waals surface area contributed by atoms with Gasteiger partial charge in [-0.15, -0.1) is 0 Å². The Morgan fingerprint density at radius 2 is 1.79 bits per heavy atom. The van der Waals surface area contributed by atoms with E-state index >= 15 is 0 Å². The topological polar surface area (TPSA) is 25.2 Å². The van der Waals surface area contributed by atoms with E-state index in [4.69, 9.17) is 0 Å². The van der Waals surface area contributed by atoms with E-state index < -0.39 is 0 Å². The second-order valence-electron chi connectivity index (χ2n) is 5.81. The van der Waals surface area contributed by atoms with Crippen molar-refractivity contribution in [3.63, 3.8) is 0 Å². The minimum Gasteiger partial charge on any atom is -0.237 e. The Morgan fingerprint density at radius 1 is 0.958 bits per heavy atom. The molecule has 1 heterocycles. The molecule has 3 aromatic rings. The van der Waals surface area contributed by atoms with Crippen molar-refractivity contribution in [1.29, 1.82) is 0 Å². The van der Waals surface area contributed by atoms with Crippen molar-refractivity contribution >= 4 is 18.1 Å². The van der Waals surface area contributed by atoms with Gasteiger partial charge >= 0.3 is 0 Å². The van der Waals surface area contributed by atoms with E-state index in [0.717, 1.165) is 16.7 Å². The molecule has 0 aliphatic heterocycles. The monoisotopic (exact) mass is 312 g/mol. The highest BCUT2D eigenvalue weighted by Gasteiger charge is 2.04. The zero-order valence-corrected chi connectivity index (χ0v) is 14.0. The molecule has 0 atom stereocenters. The van der Waals surface area contributed by atoms with Gasteiger partial charge in [-0.3, -0.25) is 0 Å². The molecule has 0 amide bonds. The van der Waals surface area contributed by atoms with E-state index in [1.54, 1.807) is 6.20 Å². The summed E-state index contributed by atoms with van der Waals surface area (Å²) in [4.78, 5) is 8.80. The third kappa shape index (κ3) is 3.49. The van der Waals surface area contributed by atoms with Crippen LogP contribution in [0.4, 0.5) is 5.82 Å². The second kappa shape index (κ2) is 7.05. The van der Waals surface area contributed by atoms with Crippen LogP contribution in [0.2, 0.25) is 0 Å². The number of aryl methyl sites for hydroxylation is 2. The number of pyridine rings is 1. The molecule has 118 valence electrons. The molecule has 0 saturated heterocycles. The Hall–Kier alpha value is -3.00. The Bertz CT molecular complexity index is 907. The van der Waals surface area contributed by atoms with Crippen molar-refractivity contribution in [3.8, 4) is 11.1 Å². The van der Waals surface area contributed by atoms with Crippen LogP contribution >= 0.6 is 0 Å². The summed E-state index contributed by atoms with van der Waals surface area (Å²) in [5.41, 5.74) is 6.91. The minimum absolute atomic E-state index is 0.714. The average Bonchev–Trinajstić information content (AvgIpc) is 2.60. The van der Waals surface area contributed by atoms with E-state index in [1.165, 1.54) is 16.7 Å². The van der Waals surface area contributed by atoms with Gasteiger partial charge in [-0.1, -0.05) is 49.1 Å². The van der Waals surface area contributed by atoms with Crippen molar-refractivity contribution in [2.75, 3.05) is 0 Å². The third-order valence-electron chi connectivity index (χ3n) is 4.00. The number of rotatable bonds is 4. The molecular weight excluding hydrogens is 292 g/mol. The molecule has 0 saturated carbocycles. The zero-order chi connectivity index (χ0) is 16.9. The van der Waals surface area contributed by atoms with Crippen LogP contribution in [0, 0.1) is 13.8 Å². The van der Waals surface area contributed by atoms with Crippen LogP contribution in [0.5, 0.6) is 0 Å². The molecule has 2 nitrogen and oxygen atoms in total. The average molecular weight is 312 g/mol. The van der Waals surface area contributed by atoms with Gasteiger partial charge < -0.3 is 0 Å². The number of benzene rings is 2. The van der Waals surface area contributed by atoms with Crippen molar-refractivity contribution in [2.24, 2.45) is 4.99 Å². The largest absolute Gasteiger partial charge is 0.237 e. The molecule has 0 spiro atoms. The molecule has 0 aliphatic rings. The normalized spacial score (nSPS) is 10.9. The van der Waals surface area contributed by atoms with Crippen molar-refractivity contribution in [1.82, 2.24) is 4.98 Å².